The number of nitrogens with one attached hydrogen (secondary N) is 1. The summed E-state index contributed by atoms with van der Waals surface area (Å²) >= 11 is 3.41. The molecule has 7 nitrogen and oxygen atoms in total. The fourth-order valence-electron chi connectivity index (χ4n) is 2.75. The van der Waals surface area contributed by atoms with Gasteiger partial charge in [-0.2, -0.15) is 5.10 Å². The van der Waals surface area contributed by atoms with Crippen LogP contribution < -0.4 is 20.6 Å². The number of hydrogen-bond acceptors (Lipinski definition) is 5. The molecule has 0 atom stereocenters. The van der Waals surface area contributed by atoms with Crippen LogP contribution in [-0.4, -0.2) is 24.8 Å². The zero-order valence-corrected chi connectivity index (χ0v) is 17.1. The van der Waals surface area contributed by atoms with Gasteiger partial charge in [0.15, 0.2) is 11.5 Å². The third-order valence-corrected chi connectivity index (χ3v) is 4.51. The molecule has 0 spiro atoms. The summed E-state index contributed by atoms with van der Waals surface area (Å²) in [7, 11) is 0. The Balaban J connectivity index is 1.94. The molecule has 8 heteroatoms. The number of ether oxygens (including phenoxy) is 2. The molecule has 0 unspecified atom stereocenters. The van der Waals surface area contributed by atoms with Gasteiger partial charge in [-0.1, -0.05) is 36.4 Å². The van der Waals surface area contributed by atoms with Crippen LogP contribution in [0, 0.1) is 0 Å². The number of carbonyl (C=O) groups excluding carboxylic acids is 2. The van der Waals surface area contributed by atoms with Crippen molar-refractivity contribution in [3.63, 3.8) is 0 Å². The molecule has 0 aliphatic carbocycles. The van der Waals surface area contributed by atoms with E-state index in [0.717, 1.165) is 10.8 Å². The summed E-state index contributed by atoms with van der Waals surface area (Å²) in [4.78, 5) is 23.6. The second kappa shape index (κ2) is 9.20. The lowest BCUT2D eigenvalue weighted by molar-refractivity contribution is 0.0729. The van der Waals surface area contributed by atoms with Crippen LogP contribution in [0.4, 0.5) is 4.79 Å². The number of primary amides is 1. The Labute approximate surface area is 175 Å². The number of hydrazone groups is 1. The third-order valence-electron chi connectivity index (χ3n) is 3.92. The van der Waals surface area contributed by atoms with Crippen molar-refractivity contribution in [1.82, 2.24) is 5.43 Å². The van der Waals surface area contributed by atoms with Gasteiger partial charge in [-0.25, -0.2) is 15.0 Å². The molecule has 0 radical (unpaired) electrons. The van der Waals surface area contributed by atoms with Crippen molar-refractivity contribution in [3.8, 4) is 11.5 Å². The SMILES string of the molecule is CCOc1cc(/C=N\NC(N)=O)cc(Br)c1OC(=O)c1cccc2ccccc12. The van der Waals surface area contributed by atoms with Crippen molar-refractivity contribution in [2.75, 3.05) is 6.61 Å². The molecule has 0 aliphatic rings. The van der Waals surface area contributed by atoms with Crippen molar-refractivity contribution in [2.45, 2.75) is 6.92 Å². The number of urea groups is 1. The van der Waals surface area contributed by atoms with E-state index in [-0.39, 0.29) is 5.75 Å². The molecule has 3 N–H and O–H groups in total. The summed E-state index contributed by atoms with van der Waals surface area (Å²) in [5.74, 6) is 0.112. The smallest absolute Gasteiger partial charge is 0.344 e. The number of fused-ring (bicyclic) bond motifs is 1. The van der Waals surface area contributed by atoms with Crippen molar-refractivity contribution < 1.29 is 19.1 Å². The van der Waals surface area contributed by atoms with E-state index in [1.807, 2.05) is 43.3 Å². The number of carbonyl (C=O) groups is 2. The highest BCUT2D eigenvalue weighted by atomic mass is 79.9. The molecule has 0 saturated carbocycles. The molecule has 0 fully saturated rings. The topological polar surface area (TPSA) is 103 Å². The largest absolute Gasteiger partial charge is 0.490 e. The molecule has 3 aromatic rings. The summed E-state index contributed by atoms with van der Waals surface area (Å²) < 4.78 is 11.8. The minimum atomic E-state index is -0.772. The second-order valence-corrected chi connectivity index (χ2v) is 6.77. The van der Waals surface area contributed by atoms with E-state index in [1.165, 1.54) is 6.21 Å². The zero-order chi connectivity index (χ0) is 20.8. The Bertz CT molecular complexity index is 1090. The number of rotatable bonds is 6. The maximum absolute atomic E-state index is 12.9. The average Bonchev–Trinajstić information content (AvgIpc) is 2.70. The highest BCUT2D eigenvalue weighted by molar-refractivity contribution is 9.10. The lowest BCUT2D eigenvalue weighted by Crippen LogP contribution is -2.24. The predicted octanol–water partition coefficient (Wildman–Crippen LogP) is 4.22. The van der Waals surface area contributed by atoms with Crippen LogP contribution in [0.25, 0.3) is 10.8 Å². The predicted molar refractivity (Wildman–Crippen MR) is 115 cm³/mol. The Hall–Kier alpha value is -3.39. The number of amides is 2. The highest BCUT2D eigenvalue weighted by Crippen LogP contribution is 2.37. The van der Waals surface area contributed by atoms with E-state index in [4.69, 9.17) is 15.2 Å². The Morgan fingerprint density at radius 3 is 2.69 bits per heavy atom. The van der Waals surface area contributed by atoms with Crippen molar-refractivity contribution >= 4 is 44.9 Å². The van der Waals surface area contributed by atoms with Gasteiger partial charge >= 0.3 is 12.0 Å². The van der Waals surface area contributed by atoms with Gasteiger partial charge in [0.25, 0.3) is 0 Å². The molecule has 29 heavy (non-hydrogen) atoms. The Kier molecular flexibility index (Phi) is 6.46. The number of nitrogens with two attached hydrogens (primary N) is 1. The molecule has 0 bridgehead atoms. The van der Waals surface area contributed by atoms with E-state index < -0.39 is 12.0 Å². The quantitative estimate of drug-likeness (QED) is 0.251. The van der Waals surface area contributed by atoms with Gasteiger partial charge in [-0.15, -0.1) is 0 Å². The van der Waals surface area contributed by atoms with Crippen LogP contribution in [0.15, 0.2) is 64.2 Å². The summed E-state index contributed by atoms with van der Waals surface area (Å²) in [6.07, 6.45) is 1.40. The number of hydrogen-bond donors (Lipinski definition) is 2. The van der Waals surface area contributed by atoms with Crippen LogP contribution in [0.5, 0.6) is 11.5 Å². The minimum Gasteiger partial charge on any atom is -0.490 e. The molecule has 2 amide bonds. The van der Waals surface area contributed by atoms with Gasteiger partial charge in [-0.3, -0.25) is 0 Å². The molecular weight excluding hydrogens is 438 g/mol. The molecule has 0 heterocycles. The molecule has 3 aromatic carbocycles. The van der Waals surface area contributed by atoms with Gasteiger partial charge in [0.2, 0.25) is 0 Å². The minimum absolute atomic E-state index is 0.254. The summed E-state index contributed by atoms with van der Waals surface area (Å²) in [5, 5.41) is 5.47. The fraction of sp³-hybridized carbons (Fsp3) is 0.0952. The first-order chi connectivity index (χ1) is 14.0. The standard InChI is InChI=1S/C21H18BrN3O4/c1-2-28-18-11-13(12-24-25-21(23)27)10-17(22)19(18)29-20(26)16-9-5-7-14-6-3-4-8-15(14)16/h3-12H,2H2,1H3,(H3,23,25,27)/b24-12-. The van der Waals surface area contributed by atoms with Crippen LogP contribution in [0.1, 0.15) is 22.8 Å². The number of esters is 1. The first-order valence-corrected chi connectivity index (χ1v) is 9.53. The van der Waals surface area contributed by atoms with Gasteiger partial charge in [-0.05, 0) is 57.4 Å². The number of benzene rings is 3. The van der Waals surface area contributed by atoms with Crippen LogP contribution in [0.2, 0.25) is 0 Å². The molecule has 0 aromatic heterocycles. The van der Waals surface area contributed by atoms with Gasteiger partial charge in [0.05, 0.1) is 22.9 Å². The summed E-state index contributed by atoms with van der Waals surface area (Å²) in [6, 6.07) is 15.6. The number of nitrogens with zero attached hydrogens (tertiary/aromatic N) is 1. The lowest BCUT2D eigenvalue weighted by atomic mass is 10.0. The maximum atomic E-state index is 12.9. The van der Waals surface area contributed by atoms with E-state index in [0.29, 0.717) is 28.0 Å². The molecule has 3 rings (SSSR count). The van der Waals surface area contributed by atoms with Gasteiger partial charge in [0.1, 0.15) is 0 Å². The monoisotopic (exact) mass is 455 g/mol. The lowest BCUT2D eigenvalue weighted by Gasteiger charge is -2.14. The summed E-state index contributed by atoms with van der Waals surface area (Å²) in [6.45, 7) is 2.19. The fourth-order valence-corrected chi connectivity index (χ4v) is 3.29. The Morgan fingerprint density at radius 2 is 1.93 bits per heavy atom. The van der Waals surface area contributed by atoms with E-state index in [1.54, 1.807) is 18.2 Å². The third kappa shape index (κ3) is 4.91. The molecular formula is C21H18BrN3O4. The maximum Gasteiger partial charge on any atom is 0.344 e. The van der Waals surface area contributed by atoms with Crippen molar-refractivity contribution in [3.05, 3.63) is 70.2 Å². The van der Waals surface area contributed by atoms with E-state index >= 15 is 0 Å². The van der Waals surface area contributed by atoms with Crippen molar-refractivity contribution in [1.29, 1.82) is 0 Å². The van der Waals surface area contributed by atoms with E-state index in [2.05, 4.69) is 26.5 Å². The molecule has 148 valence electrons. The van der Waals surface area contributed by atoms with Crippen LogP contribution >= 0.6 is 15.9 Å². The van der Waals surface area contributed by atoms with Gasteiger partial charge < -0.3 is 15.2 Å². The number of halogens is 1. The highest BCUT2D eigenvalue weighted by Gasteiger charge is 2.18. The first-order valence-electron chi connectivity index (χ1n) is 8.74. The molecule has 0 saturated heterocycles. The zero-order valence-electron chi connectivity index (χ0n) is 15.5. The normalized spacial score (nSPS) is 10.8. The Morgan fingerprint density at radius 1 is 1.17 bits per heavy atom. The first kappa shape index (κ1) is 20.3. The summed E-state index contributed by atoms with van der Waals surface area (Å²) in [5.41, 5.74) is 8.16. The van der Waals surface area contributed by atoms with Crippen LogP contribution in [-0.2, 0) is 0 Å². The average molecular weight is 456 g/mol. The van der Waals surface area contributed by atoms with Crippen molar-refractivity contribution in [2.24, 2.45) is 10.8 Å². The van der Waals surface area contributed by atoms with Crippen LogP contribution in [0.3, 0.4) is 0 Å². The van der Waals surface area contributed by atoms with E-state index in [9.17, 15) is 9.59 Å². The second-order valence-electron chi connectivity index (χ2n) is 5.91. The van der Waals surface area contributed by atoms with Gasteiger partial charge in [0, 0.05) is 0 Å². The molecule has 0 aliphatic heterocycles.